The molecule has 2 N–H and O–H groups in total. The highest BCUT2D eigenvalue weighted by molar-refractivity contribution is 5.84. The number of H-pyrrole nitrogens is 2. The number of benzene rings is 6. The summed E-state index contributed by atoms with van der Waals surface area (Å²) in [5.41, 5.74) is 13.5. The fourth-order valence-electron chi connectivity index (χ4n) is 8.33. The van der Waals surface area contributed by atoms with Crippen molar-refractivity contribution < 1.29 is 13.3 Å². The Balaban J connectivity index is 0.682. The minimum absolute atomic E-state index is 0.459. The first kappa shape index (κ1) is 38.8. The SMILES string of the molecule is c1ccc(Cc2nnc(-c3ccc4nc(-c5cccc(CCc6nnc(-c7ccc8c(c7)ncn8Cc7ccccc7CCc7nnc(-c8ccc9nc[nH]c9c8)o7)o6)c5)[nH]c4c3)o2)cc1. The smallest absolute Gasteiger partial charge is 0.247 e. The lowest BCUT2D eigenvalue weighted by Gasteiger charge is -2.10. The maximum absolute atomic E-state index is 6.18. The van der Waals surface area contributed by atoms with E-state index in [0.29, 0.717) is 67.6 Å². The van der Waals surface area contributed by atoms with Gasteiger partial charge in [-0.1, -0.05) is 72.8 Å². The quantitative estimate of drug-likeness (QED) is 0.105. The molecule has 15 heteroatoms. The average molecular weight is 867 g/mol. The van der Waals surface area contributed by atoms with Crippen molar-refractivity contribution >= 4 is 33.1 Å². The lowest BCUT2D eigenvalue weighted by atomic mass is 10.0. The standard InChI is InChI=1S/C51H38N12O3/c1-2-7-31(8-3-1)24-47-59-62-51(66-47)36-15-19-40-42(26-36)56-48(55-40)34-12-6-9-32(23-34)13-21-45-57-61-50(64-45)37-16-20-44-43(27-37)54-30-63(44)28-38-11-5-4-10-33(38)17-22-46-58-60-49(65-46)35-14-18-39-41(25-35)53-29-52-39/h1-12,14-16,18-20,23,25-27,29-30H,13,17,21-22,24,28H2,(H,52,53)(H,55,56). The Morgan fingerprint density at radius 1 is 0.470 bits per heavy atom. The van der Waals surface area contributed by atoms with E-state index in [1.54, 1.807) is 6.33 Å². The van der Waals surface area contributed by atoms with Gasteiger partial charge in [-0.15, -0.1) is 30.6 Å². The van der Waals surface area contributed by atoms with Gasteiger partial charge in [0.15, 0.2) is 0 Å². The topological polar surface area (TPSA) is 192 Å². The van der Waals surface area contributed by atoms with Gasteiger partial charge in [-0.3, -0.25) is 0 Å². The molecule has 0 fully saturated rings. The van der Waals surface area contributed by atoms with Crippen LogP contribution in [0, 0.1) is 0 Å². The first-order valence-corrected chi connectivity index (χ1v) is 21.7. The van der Waals surface area contributed by atoms with Gasteiger partial charge in [-0.2, -0.15) is 0 Å². The molecule has 0 radical (unpaired) electrons. The molecule has 0 aliphatic rings. The summed E-state index contributed by atoms with van der Waals surface area (Å²) in [5.74, 6) is 3.92. The number of aromatic nitrogens is 12. The van der Waals surface area contributed by atoms with Crippen molar-refractivity contribution in [2.24, 2.45) is 0 Å². The number of hydrogen-bond acceptors (Lipinski definition) is 12. The van der Waals surface area contributed by atoms with E-state index in [1.165, 1.54) is 11.1 Å². The van der Waals surface area contributed by atoms with Crippen LogP contribution in [0.3, 0.4) is 0 Å². The van der Waals surface area contributed by atoms with E-state index in [-0.39, 0.29) is 0 Å². The summed E-state index contributed by atoms with van der Waals surface area (Å²) < 4.78 is 20.4. The number of nitrogens with one attached hydrogen (secondary N) is 2. The van der Waals surface area contributed by atoms with Gasteiger partial charge < -0.3 is 27.8 Å². The van der Waals surface area contributed by atoms with E-state index in [9.17, 15) is 0 Å². The van der Waals surface area contributed by atoms with E-state index in [4.69, 9.17) is 23.2 Å². The predicted molar refractivity (Wildman–Crippen MR) is 247 cm³/mol. The molecule has 0 aliphatic carbocycles. The zero-order chi connectivity index (χ0) is 43.8. The molecule has 12 aromatic rings. The summed E-state index contributed by atoms with van der Waals surface area (Å²) in [7, 11) is 0. The Hall–Kier alpha value is -8.85. The highest BCUT2D eigenvalue weighted by Crippen LogP contribution is 2.29. The highest BCUT2D eigenvalue weighted by Gasteiger charge is 2.16. The van der Waals surface area contributed by atoms with Crippen LogP contribution in [0.15, 0.2) is 159 Å². The molecule has 320 valence electrons. The lowest BCUT2D eigenvalue weighted by molar-refractivity contribution is 0.504. The van der Waals surface area contributed by atoms with Crippen LogP contribution in [0.2, 0.25) is 0 Å². The van der Waals surface area contributed by atoms with Gasteiger partial charge in [-0.05, 0) is 95.8 Å². The van der Waals surface area contributed by atoms with Crippen molar-refractivity contribution in [2.75, 3.05) is 0 Å². The van der Waals surface area contributed by atoms with Gasteiger partial charge in [0.1, 0.15) is 5.82 Å². The first-order chi connectivity index (χ1) is 32.6. The molecule has 0 unspecified atom stereocenters. The Labute approximate surface area is 375 Å². The van der Waals surface area contributed by atoms with E-state index in [2.05, 4.69) is 98.6 Å². The van der Waals surface area contributed by atoms with Crippen molar-refractivity contribution in [3.05, 3.63) is 186 Å². The van der Waals surface area contributed by atoms with Crippen molar-refractivity contribution in [1.29, 1.82) is 0 Å². The second-order valence-electron chi connectivity index (χ2n) is 16.2. The average Bonchev–Trinajstić information content (AvgIpc) is 4.23. The zero-order valence-corrected chi connectivity index (χ0v) is 35.3. The van der Waals surface area contributed by atoms with Gasteiger partial charge in [0.2, 0.25) is 35.3 Å². The molecule has 0 saturated carbocycles. The highest BCUT2D eigenvalue weighted by atomic mass is 16.4. The summed E-state index contributed by atoms with van der Waals surface area (Å²) in [6, 6.07) is 44.7. The second kappa shape index (κ2) is 16.7. The van der Waals surface area contributed by atoms with Crippen LogP contribution in [0.25, 0.3) is 78.9 Å². The third kappa shape index (κ3) is 7.89. The largest absolute Gasteiger partial charge is 0.421 e. The molecule has 15 nitrogen and oxygen atoms in total. The Morgan fingerprint density at radius 3 is 1.95 bits per heavy atom. The third-order valence-corrected chi connectivity index (χ3v) is 11.8. The Bertz CT molecular complexity index is 3650. The Morgan fingerprint density at radius 2 is 1.14 bits per heavy atom. The normalized spacial score (nSPS) is 11.7. The number of nitrogens with zero attached hydrogens (tertiary/aromatic N) is 10. The van der Waals surface area contributed by atoms with Gasteiger partial charge in [0, 0.05) is 41.6 Å². The summed E-state index contributed by atoms with van der Waals surface area (Å²) >= 11 is 0. The molecule has 0 bridgehead atoms. The van der Waals surface area contributed by atoms with Crippen LogP contribution in [0.5, 0.6) is 0 Å². The number of aromatic amines is 2. The monoisotopic (exact) mass is 866 g/mol. The molecule has 6 heterocycles. The molecule has 66 heavy (non-hydrogen) atoms. The number of hydrogen-bond donors (Lipinski definition) is 2. The summed E-state index contributed by atoms with van der Waals surface area (Å²) in [4.78, 5) is 20.5. The van der Waals surface area contributed by atoms with Crippen LogP contribution in [-0.4, -0.2) is 60.1 Å². The lowest BCUT2D eigenvalue weighted by Crippen LogP contribution is -2.03. The summed E-state index contributed by atoms with van der Waals surface area (Å²) in [6.07, 6.45) is 6.80. The number of imidazole rings is 3. The number of fused-ring (bicyclic) bond motifs is 3. The van der Waals surface area contributed by atoms with Crippen LogP contribution in [-0.2, 0) is 38.6 Å². The van der Waals surface area contributed by atoms with E-state index in [1.807, 2.05) is 91.3 Å². The van der Waals surface area contributed by atoms with Crippen molar-refractivity contribution in [2.45, 2.75) is 38.6 Å². The minimum atomic E-state index is 0.459. The number of rotatable bonds is 14. The molecule has 0 spiro atoms. The summed E-state index contributed by atoms with van der Waals surface area (Å²) in [6.45, 7) is 0.659. The van der Waals surface area contributed by atoms with Gasteiger partial charge in [0.05, 0.1) is 52.2 Å². The van der Waals surface area contributed by atoms with E-state index in [0.717, 1.165) is 78.7 Å². The third-order valence-electron chi connectivity index (χ3n) is 11.8. The molecule has 6 aromatic heterocycles. The van der Waals surface area contributed by atoms with Gasteiger partial charge >= 0.3 is 0 Å². The molecular formula is C51H38N12O3. The van der Waals surface area contributed by atoms with Crippen molar-refractivity contribution in [1.82, 2.24) is 60.1 Å². The number of aryl methyl sites for hydroxylation is 4. The molecule has 0 aliphatic heterocycles. The van der Waals surface area contributed by atoms with E-state index >= 15 is 0 Å². The Kier molecular flexibility index (Phi) is 9.81. The van der Waals surface area contributed by atoms with E-state index < -0.39 is 0 Å². The van der Waals surface area contributed by atoms with Crippen LogP contribution >= 0.6 is 0 Å². The molecule has 6 aromatic carbocycles. The molecular weight excluding hydrogens is 829 g/mol. The fraction of sp³-hybridized carbons (Fsp3) is 0.118. The zero-order valence-electron chi connectivity index (χ0n) is 35.3. The van der Waals surface area contributed by atoms with Gasteiger partial charge in [-0.25, -0.2) is 15.0 Å². The minimum Gasteiger partial charge on any atom is -0.421 e. The van der Waals surface area contributed by atoms with Gasteiger partial charge in [0.25, 0.3) is 0 Å². The molecule has 12 rings (SSSR count). The van der Waals surface area contributed by atoms with Crippen molar-refractivity contribution in [3.63, 3.8) is 0 Å². The summed E-state index contributed by atoms with van der Waals surface area (Å²) in [5, 5.41) is 26.0. The molecule has 0 saturated heterocycles. The maximum Gasteiger partial charge on any atom is 0.247 e. The van der Waals surface area contributed by atoms with Crippen LogP contribution in [0.1, 0.15) is 39.9 Å². The first-order valence-electron chi connectivity index (χ1n) is 21.7. The second-order valence-corrected chi connectivity index (χ2v) is 16.2. The molecule has 0 amide bonds. The predicted octanol–water partition coefficient (Wildman–Crippen LogP) is 9.82. The van der Waals surface area contributed by atoms with Crippen molar-refractivity contribution in [3.8, 4) is 45.8 Å². The van der Waals surface area contributed by atoms with Crippen LogP contribution in [0.4, 0.5) is 0 Å². The maximum atomic E-state index is 6.18. The fourth-order valence-corrected chi connectivity index (χ4v) is 8.33. The van der Waals surface area contributed by atoms with Crippen LogP contribution < -0.4 is 0 Å². The molecule has 0 atom stereocenters.